The maximum atomic E-state index is 12.7. The van der Waals surface area contributed by atoms with Crippen molar-refractivity contribution in [1.29, 1.82) is 5.26 Å². The Morgan fingerprint density at radius 3 is 2.45 bits per heavy atom. The van der Waals surface area contributed by atoms with E-state index in [0.29, 0.717) is 22.0 Å². The van der Waals surface area contributed by atoms with Gasteiger partial charge in [0.15, 0.2) is 0 Å². The summed E-state index contributed by atoms with van der Waals surface area (Å²) in [6.45, 7) is 3.26. The average molecular weight is 293 g/mol. The van der Waals surface area contributed by atoms with Crippen LogP contribution in [0.5, 0.6) is 0 Å². The topological polar surface area (TPSA) is 27.0 Å². The SMILES string of the molecule is C=C1C(Cl)=CC=C(c2ccc(C#N)cc2)N1CC(F)F. The number of benzene rings is 1. The Morgan fingerprint density at radius 1 is 1.25 bits per heavy atom. The van der Waals surface area contributed by atoms with E-state index in [1.54, 1.807) is 36.4 Å². The van der Waals surface area contributed by atoms with Crippen LogP contribution in [0.15, 0.2) is 53.7 Å². The van der Waals surface area contributed by atoms with E-state index in [0.717, 1.165) is 5.56 Å². The molecule has 0 radical (unpaired) electrons. The van der Waals surface area contributed by atoms with Crippen LogP contribution < -0.4 is 0 Å². The van der Waals surface area contributed by atoms with E-state index in [9.17, 15) is 8.78 Å². The number of allylic oxidation sites excluding steroid dienone is 3. The van der Waals surface area contributed by atoms with E-state index in [1.807, 2.05) is 6.07 Å². The maximum Gasteiger partial charge on any atom is 0.256 e. The Bertz CT molecular complexity index is 624. The van der Waals surface area contributed by atoms with Crippen LogP contribution in [0.4, 0.5) is 8.78 Å². The van der Waals surface area contributed by atoms with Gasteiger partial charge in [-0.1, -0.05) is 30.3 Å². The molecule has 2 rings (SSSR count). The van der Waals surface area contributed by atoms with Crippen molar-refractivity contribution >= 4 is 17.3 Å². The summed E-state index contributed by atoms with van der Waals surface area (Å²) in [5.41, 5.74) is 2.17. The Labute approximate surface area is 120 Å². The highest BCUT2D eigenvalue weighted by atomic mass is 35.5. The minimum absolute atomic E-state index is 0.336. The largest absolute Gasteiger partial charge is 0.334 e. The number of nitriles is 1. The van der Waals surface area contributed by atoms with Crippen LogP contribution in [-0.2, 0) is 0 Å². The van der Waals surface area contributed by atoms with Crippen LogP contribution in [0, 0.1) is 11.3 Å². The molecule has 0 aliphatic carbocycles. The third-order valence-electron chi connectivity index (χ3n) is 2.91. The van der Waals surface area contributed by atoms with Crippen LogP contribution >= 0.6 is 11.6 Å². The molecule has 1 aromatic carbocycles. The molecule has 5 heteroatoms. The lowest BCUT2D eigenvalue weighted by atomic mass is 10.1. The van der Waals surface area contributed by atoms with Gasteiger partial charge in [0.1, 0.15) is 0 Å². The molecule has 1 aliphatic heterocycles. The Morgan fingerprint density at radius 2 is 1.90 bits per heavy atom. The molecule has 0 saturated carbocycles. The predicted molar refractivity (Wildman–Crippen MR) is 74.9 cm³/mol. The summed E-state index contributed by atoms with van der Waals surface area (Å²) in [5, 5.41) is 9.11. The van der Waals surface area contributed by atoms with Crippen LogP contribution in [0.2, 0.25) is 0 Å². The predicted octanol–water partition coefficient (Wildman–Crippen LogP) is 4.12. The summed E-state index contributed by atoms with van der Waals surface area (Å²) in [7, 11) is 0. The molecule has 0 unspecified atom stereocenters. The Kier molecular flexibility index (Phi) is 4.21. The summed E-state index contributed by atoms with van der Waals surface area (Å²) >= 11 is 5.93. The van der Waals surface area contributed by atoms with Gasteiger partial charge < -0.3 is 4.90 Å². The van der Waals surface area contributed by atoms with Crippen LogP contribution in [-0.4, -0.2) is 17.9 Å². The molecule has 0 fully saturated rings. The van der Waals surface area contributed by atoms with Gasteiger partial charge in [-0.2, -0.15) is 5.26 Å². The van der Waals surface area contributed by atoms with E-state index in [1.165, 1.54) is 4.90 Å². The van der Waals surface area contributed by atoms with Crippen molar-refractivity contribution < 1.29 is 8.78 Å². The van der Waals surface area contributed by atoms with Gasteiger partial charge in [0.25, 0.3) is 6.43 Å². The van der Waals surface area contributed by atoms with E-state index < -0.39 is 13.0 Å². The molecule has 0 aromatic heterocycles. The molecule has 0 saturated heterocycles. The normalized spacial score (nSPS) is 14.9. The molecule has 102 valence electrons. The first-order chi connectivity index (χ1) is 9.52. The summed E-state index contributed by atoms with van der Waals surface area (Å²) in [6.07, 6.45) is 0.788. The van der Waals surface area contributed by atoms with Gasteiger partial charge in [0, 0.05) is 5.70 Å². The molecule has 1 aliphatic rings. The molecule has 0 amide bonds. The van der Waals surface area contributed by atoms with Crippen LogP contribution in [0.1, 0.15) is 11.1 Å². The fourth-order valence-corrected chi connectivity index (χ4v) is 2.09. The van der Waals surface area contributed by atoms with E-state index in [-0.39, 0.29) is 0 Å². The smallest absolute Gasteiger partial charge is 0.256 e. The van der Waals surface area contributed by atoms with Gasteiger partial charge in [0.2, 0.25) is 0 Å². The van der Waals surface area contributed by atoms with Crippen molar-refractivity contribution in [2.24, 2.45) is 0 Å². The standard InChI is InChI=1S/C15H11ClF2N2/c1-10-13(16)6-7-14(20(10)9-15(17)18)12-4-2-11(8-19)3-5-12/h2-7,15H,1,9H2. The number of halogens is 3. The lowest BCUT2D eigenvalue weighted by Crippen LogP contribution is -2.28. The Balaban J connectivity index is 2.39. The first kappa shape index (κ1) is 14.3. The van der Waals surface area contributed by atoms with E-state index in [2.05, 4.69) is 6.58 Å². The van der Waals surface area contributed by atoms with Gasteiger partial charge in [0.05, 0.1) is 28.9 Å². The number of nitrogens with zero attached hydrogens (tertiary/aromatic N) is 2. The molecule has 1 aromatic rings. The van der Waals surface area contributed by atoms with E-state index >= 15 is 0 Å². The second-order valence-corrected chi connectivity index (χ2v) is 4.61. The molecule has 0 atom stereocenters. The lowest BCUT2D eigenvalue weighted by molar-refractivity contribution is 0.123. The zero-order chi connectivity index (χ0) is 14.7. The molecule has 1 heterocycles. The van der Waals surface area contributed by atoms with Gasteiger partial charge in [-0.05, 0) is 29.8 Å². The lowest BCUT2D eigenvalue weighted by Gasteiger charge is -2.31. The fourth-order valence-electron chi connectivity index (χ4n) is 1.93. The summed E-state index contributed by atoms with van der Waals surface area (Å²) in [6, 6.07) is 8.71. The maximum absolute atomic E-state index is 12.7. The molecule has 20 heavy (non-hydrogen) atoms. The number of hydrogen-bond donors (Lipinski definition) is 0. The van der Waals surface area contributed by atoms with Gasteiger partial charge >= 0.3 is 0 Å². The number of rotatable bonds is 3. The molecule has 0 N–H and O–H groups in total. The second-order valence-electron chi connectivity index (χ2n) is 4.20. The second kappa shape index (κ2) is 5.89. The quantitative estimate of drug-likeness (QED) is 0.838. The molecule has 0 bridgehead atoms. The number of alkyl halides is 2. The zero-order valence-electron chi connectivity index (χ0n) is 10.5. The van der Waals surface area contributed by atoms with Crippen LogP contribution in [0.3, 0.4) is 0 Å². The highest BCUT2D eigenvalue weighted by Crippen LogP contribution is 2.32. The van der Waals surface area contributed by atoms with Crippen molar-refractivity contribution in [3.8, 4) is 6.07 Å². The summed E-state index contributed by atoms with van der Waals surface area (Å²) < 4.78 is 25.4. The van der Waals surface area contributed by atoms with Crippen molar-refractivity contribution in [2.45, 2.75) is 6.43 Å². The molecular formula is C15H11ClF2N2. The van der Waals surface area contributed by atoms with Gasteiger partial charge in [-0.3, -0.25) is 0 Å². The third-order valence-corrected chi connectivity index (χ3v) is 3.25. The minimum Gasteiger partial charge on any atom is -0.334 e. The zero-order valence-corrected chi connectivity index (χ0v) is 11.2. The van der Waals surface area contributed by atoms with Gasteiger partial charge in [-0.15, -0.1) is 0 Å². The minimum atomic E-state index is -2.50. The van der Waals surface area contributed by atoms with Crippen molar-refractivity contribution in [3.63, 3.8) is 0 Å². The highest BCUT2D eigenvalue weighted by molar-refractivity contribution is 6.32. The molecular weight excluding hydrogens is 282 g/mol. The summed E-state index contributed by atoms with van der Waals surface area (Å²) in [4.78, 5) is 1.38. The molecule has 2 nitrogen and oxygen atoms in total. The van der Waals surface area contributed by atoms with E-state index in [4.69, 9.17) is 16.9 Å². The first-order valence-corrected chi connectivity index (χ1v) is 6.23. The molecule has 0 spiro atoms. The third kappa shape index (κ3) is 2.89. The van der Waals surface area contributed by atoms with Gasteiger partial charge in [-0.25, -0.2) is 8.78 Å². The fraction of sp³-hybridized carbons (Fsp3) is 0.133. The average Bonchev–Trinajstić information content (AvgIpc) is 2.44. The number of hydrogen-bond acceptors (Lipinski definition) is 2. The van der Waals surface area contributed by atoms with Crippen molar-refractivity contribution in [3.05, 3.63) is 64.9 Å². The first-order valence-electron chi connectivity index (χ1n) is 5.86. The Hall–Kier alpha value is -2.12. The van der Waals surface area contributed by atoms with Crippen molar-refractivity contribution in [1.82, 2.24) is 4.90 Å². The summed E-state index contributed by atoms with van der Waals surface area (Å²) in [5.74, 6) is 0. The van der Waals surface area contributed by atoms with Crippen molar-refractivity contribution in [2.75, 3.05) is 6.54 Å². The highest BCUT2D eigenvalue weighted by Gasteiger charge is 2.23. The monoisotopic (exact) mass is 292 g/mol. The van der Waals surface area contributed by atoms with Crippen LogP contribution in [0.25, 0.3) is 5.70 Å².